The van der Waals surface area contributed by atoms with E-state index in [0.29, 0.717) is 35.6 Å². The van der Waals surface area contributed by atoms with Crippen molar-refractivity contribution in [2.24, 2.45) is 10.9 Å². The fourth-order valence-corrected chi connectivity index (χ4v) is 5.65. The highest BCUT2D eigenvalue weighted by molar-refractivity contribution is 6.31. The molecular formula is C31H28ClNO3. The minimum absolute atomic E-state index is 0.0216. The van der Waals surface area contributed by atoms with Gasteiger partial charge in [0.15, 0.2) is 5.78 Å². The molecule has 1 heterocycles. The fourth-order valence-electron chi connectivity index (χ4n) is 5.39. The molecule has 0 N–H and O–H groups in total. The molecule has 0 saturated heterocycles. The van der Waals surface area contributed by atoms with E-state index in [9.17, 15) is 9.59 Å². The SMILES string of the molecule is CC1=NC2=C(C(=O)C[C@@H](c3ccccc3)C2)[C@@H](c2ccccc2Cl)C1C(=O)OCCc1ccccc1. The number of esters is 1. The Morgan fingerprint density at radius 2 is 1.61 bits per heavy atom. The van der Waals surface area contributed by atoms with E-state index in [1.54, 1.807) is 6.07 Å². The molecule has 2 aliphatic rings. The van der Waals surface area contributed by atoms with E-state index in [2.05, 4.69) is 12.1 Å². The molecule has 0 aromatic heterocycles. The van der Waals surface area contributed by atoms with E-state index < -0.39 is 11.8 Å². The summed E-state index contributed by atoms with van der Waals surface area (Å²) in [5, 5.41) is 0.532. The molecule has 1 unspecified atom stereocenters. The van der Waals surface area contributed by atoms with E-state index in [-0.39, 0.29) is 24.3 Å². The van der Waals surface area contributed by atoms with Gasteiger partial charge in [0.05, 0.1) is 6.61 Å². The third-order valence-electron chi connectivity index (χ3n) is 7.13. The zero-order chi connectivity index (χ0) is 25.1. The van der Waals surface area contributed by atoms with Gasteiger partial charge in [0.25, 0.3) is 0 Å². The summed E-state index contributed by atoms with van der Waals surface area (Å²) >= 11 is 6.64. The van der Waals surface area contributed by atoms with E-state index in [1.165, 1.54) is 0 Å². The third-order valence-corrected chi connectivity index (χ3v) is 7.48. The maximum absolute atomic E-state index is 13.7. The van der Waals surface area contributed by atoms with Crippen molar-refractivity contribution in [3.8, 4) is 0 Å². The van der Waals surface area contributed by atoms with Gasteiger partial charge in [-0.1, -0.05) is 90.5 Å². The average Bonchev–Trinajstić information content (AvgIpc) is 2.89. The molecule has 0 amide bonds. The molecule has 3 aromatic rings. The van der Waals surface area contributed by atoms with Crippen LogP contribution in [0, 0.1) is 5.92 Å². The van der Waals surface area contributed by atoms with Crippen molar-refractivity contribution in [1.82, 2.24) is 0 Å². The number of aliphatic imine (C=N–C) groups is 1. The average molecular weight is 498 g/mol. The Hall–Kier alpha value is -3.50. The molecule has 0 radical (unpaired) electrons. The Bertz CT molecular complexity index is 1330. The van der Waals surface area contributed by atoms with E-state index in [0.717, 1.165) is 22.4 Å². The number of halogens is 1. The maximum atomic E-state index is 13.7. The normalized spacial score (nSPS) is 21.6. The molecule has 0 spiro atoms. The van der Waals surface area contributed by atoms with E-state index in [4.69, 9.17) is 21.3 Å². The Morgan fingerprint density at radius 3 is 2.33 bits per heavy atom. The van der Waals surface area contributed by atoms with Crippen molar-refractivity contribution in [1.29, 1.82) is 0 Å². The predicted molar refractivity (Wildman–Crippen MR) is 142 cm³/mol. The summed E-state index contributed by atoms with van der Waals surface area (Å²) in [5.74, 6) is -1.50. The van der Waals surface area contributed by atoms with Gasteiger partial charge in [-0.15, -0.1) is 0 Å². The Morgan fingerprint density at radius 1 is 0.944 bits per heavy atom. The van der Waals surface area contributed by atoms with Crippen molar-refractivity contribution in [3.05, 3.63) is 118 Å². The van der Waals surface area contributed by atoms with Gasteiger partial charge in [-0.05, 0) is 42.0 Å². The molecule has 1 aliphatic heterocycles. The number of ketones is 1. The van der Waals surface area contributed by atoms with Crippen LogP contribution in [0.3, 0.4) is 0 Å². The Labute approximate surface area is 216 Å². The number of hydrogen-bond donors (Lipinski definition) is 0. The molecule has 5 rings (SSSR count). The first-order valence-electron chi connectivity index (χ1n) is 12.3. The van der Waals surface area contributed by atoms with Crippen LogP contribution in [0.1, 0.15) is 48.3 Å². The number of ether oxygens (including phenoxy) is 1. The van der Waals surface area contributed by atoms with Gasteiger partial charge in [0.1, 0.15) is 5.92 Å². The van der Waals surface area contributed by atoms with Gasteiger partial charge < -0.3 is 4.74 Å². The second-order valence-corrected chi connectivity index (χ2v) is 9.84. The zero-order valence-electron chi connectivity index (χ0n) is 20.2. The van der Waals surface area contributed by atoms with Gasteiger partial charge >= 0.3 is 5.97 Å². The molecule has 3 aromatic carbocycles. The summed E-state index contributed by atoms with van der Waals surface area (Å²) in [7, 11) is 0. The predicted octanol–water partition coefficient (Wildman–Crippen LogP) is 6.70. The smallest absolute Gasteiger partial charge is 0.315 e. The van der Waals surface area contributed by atoms with Gasteiger partial charge in [-0.3, -0.25) is 14.6 Å². The maximum Gasteiger partial charge on any atom is 0.315 e. The van der Waals surface area contributed by atoms with Crippen molar-refractivity contribution in [3.63, 3.8) is 0 Å². The van der Waals surface area contributed by atoms with E-state index in [1.807, 2.05) is 73.7 Å². The number of carbonyl (C=O) groups excluding carboxylic acids is 2. The summed E-state index contributed by atoms with van der Waals surface area (Å²) in [6, 6.07) is 27.4. The number of benzene rings is 3. The number of hydrogen-bond acceptors (Lipinski definition) is 4. The summed E-state index contributed by atoms with van der Waals surface area (Å²) in [4.78, 5) is 32.0. The second-order valence-electron chi connectivity index (χ2n) is 9.43. The van der Waals surface area contributed by atoms with Crippen molar-refractivity contribution < 1.29 is 14.3 Å². The van der Waals surface area contributed by atoms with Gasteiger partial charge in [0, 0.05) is 40.8 Å². The number of Topliss-reactive ketones (excluding diaryl/α,β-unsaturated/α-hetero) is 1. The molecule has 0 bridgehead atoms. The molecule has 0 saturated carbocycles. The minimum atomic E-state index is -0.698. The number of rotatable bonds is 6. The van der Waals surface area contributed by atoms with Crippen LogP contribution >= 0.6 is 11.6 Å². The Kier molecular flexibility index (Phi) is 7.15. The number of allylic oxidation sites excluding steroid dienone is 2. The van der Waals surface area contributed by atoms with Crippen molar-refractivity contribution in [2.45, 2.75) is 38.0 Å². The quantitative estimate of drug-likeness (QED) is 0.356. The number of nitrogens with zero attached hydrogens (tertiary/aromatic N) is 1. The minimum Gasteiger partial charge on any atom is -0.465 e. The zero-order valence-corrected chi connectivity index (χ0v) is 20.9. The van der Waals surface area contributed by atoms with Gasteiger partial charge in [-0.2, -0.15) is 0 Å². The first kappa shape index (κ1) is 24.2. The first-order valence-corrected chi connectivity index (χ1v) is 12.7. The van der Waals surface area contributed by atoms with E-state index >= 15 is 0 Å². The standard InChI is InChI=1S/C31H28ClNO3/c1-20-28(31(35)36-17-16-21-10-4-2-5-11-21)29(24-14-8-9-15-25(24)32)30-26(33-20)18-23(19-27(30)34)22-12-6-3-7-13-22/h2-15,23,28-29H,16-19H2,1H3/t23-,28?,29-/m0/s1. The van der Waals surface area contributed by atoms with Crippen LogP contribution in [-0.2, 0) is 20.7 Å². The molecular weight excluding hydrogens is 470 g/mol. The highest BCUT2D eigenvalue weighted by Crippen LogP contribution is 2.48. The molecule has 0 fully saturated rings. The lowest BCUT2D eigenvalue weighted by Crippen LogP contribution is -2.38. The third kappa shape index (κ3) is 4.91. The monoisotopic (exact) mass is 497 g/mol. The van der Waals surface area contributed by atoms with Crippen molar-refractivity contribution >= 4 is 29.1 Å². The second kappa shape index (κ2) is 10.6. The van der Waals surface area contributed by atoms with Gasteiger partial charge in [-0.25, -0.2) is 0 Å². The molecule has 5 heteroatoms. The first-order chi connectivity index (χ1) is 17.5. The Balaban J connectivity index is 1.47. The van der Waals surface area contributed by atoms with Crippen LogP contribution in [0.4, 0.5) is 0 Å². The lowest BCUT2D eigenvalue weighted by molar-refractivity contribution is -0.146. The lowest BCUT2D eigenvalue weighted by atomic mass is 9.69. The molecule has 4 nitrogen and oxygen atoms in total. The summed E-state index contributed by atoms with van der Waals surface area (Å²) in [6.07, 6.45) is 1.66. The van der Waals surface area contributed by atoms with Crippen LogP contribution in [-0.4, -0.2) is 24.1 Å². The number of carbonyl (C=O) groups is 2. The van der Waals surface area contributed by atoms with Crippen LogP contribution < -0.4 is 0 Å². The van der Waals surface area contributed by atoms with Crippen LogP contribution in [0.15, 0.2) is 101 Å². The van der Waals surface area contributed by atoms with Crippen LogP contribution in [0.25, 0.3) is 0 Å². The van der Waals surface area contributed by atoms with Crippen molar-refractivity contribution in [2.75, 3.05) is 6.61 Å². The summed E-state index contributed by atoms with van der Waals surface area (Å²) in [5.41, 5.74) is 5.01. The fraction of sp³-hybridized carbons (Fsp3) is 0.258. The molecule has 1 aliphatic carbocycles. The van der Waals surface area contributed by atoms with Crippen LogP contribution in [0.5, 0.6) is 0 Å². The molecule has 182 valence electrons. The molecule has 3 atom stereocenters. The highest BCUT2D eigenvalue weighted by atomic mass is 35.5. The summed E-state index contributed by atoms with van der Waals surface area (Å²) in [6.45, 7) is 2.12. The highest BCUT2D eigenvalue weighted by Gasteiger charge is 2.45. The lowest BCUT2D eigenvalue weighted by Gasteiger charge is -2.36. The molecule has 36 heavy (non-hydrogen) atoms. The van der Waals surface area contributed by atoms with Crippen LogP contribution in [0.2, 0.25) is 5.02 Å². The van der Waals surface area contributed by atoms with Gasteiger partial charge in [0.2, 0.25) is 0 Å². The topological polar surface area (TPSA) is 55.7 Å². The largest absolute Gasteiger partial charge is 0.465 e. The summed E-state index contributed by atoms with van der Waals surface area (Å²) < 4.78 is 5.76.